The van der Waals surface area contributed by atoms with Gasteiger partial charge in [0.25, 0.3) is 0 Å². The van der Waals surface area contributed by atoms with Crippen molar-refractivity contribution in [3.05, 3.63) is 33.8 Å². The molecule has 0 saturated carbocycles. The van der Waals surface area contributed by atoms with Gasteiger partial charge in [-0.2, -0.15) is 0 Å². The van der Waals surface area contributed by atoms with Gasteiger partial charge in [-0.25, -0.2) is 0 Å². The molecule has 0 N–H and O–H groups in total. The van der Waals surface area contributed by atoms with E-state index in [2.05, 4.69) is 11.1 Å². The minimum atomic E-state index is 0.949. The van der Waals surface area contributed by atoms with Crippen LogP contribution in [0.15, 0.2) is 17.1 Å². The van der Waals surface area contributed by atoms with Gasteiger partial charge in [-0.15, -0.1) is 0 Å². The molecule has 78 valence electrons. The van der Waals surface area contributed by atoms with Crippen LogP contribution in [0.4, 0.5) is 0 Å². The van der Waals surface area contributed by atoms with Crippen molar-refractivity contribution in [3.8, 4) is 0 Å². The maximum atomic E-state index is 6.21. The Hall–Kier alpha value is -0.820. The quantitative estimate of drug-likeness (QED) is 0.750. The summed E-state index contributed by atoms with van der Waals surface area (Å²) in [5, 5.41) is 0.949. The van der Waals surface area contributed by atoms with Crippen LogP contribution < -0.4 is 0 Å². The van der Waals surface area contributed by atoms with Crippen molar-refractivity contribution in [2.45, 2.75) is 32.1 Å². The fraction of sp³-hybridized carbons (Fsp3) is 0.462. The van der Waals surface area contributed by atoms with Crippen molar-refractivity contribution in [1.82, 2.24) is 0 Å². The minimum absolute atomic E-state index is 0.949. The predicted molar refractivity (Wildman–Crippen MR) is 64.1 cm³/mol. The van der Waals surface area contributed by atoms with Crippen LogP contribution in [-0.4, -0.2) is 12.3 Å². The molecule has 0 bridgehead atoms. The zero-order chi connectivity index (χ0) is 10.3. The van der Waals surface area contributed by atoms with E-state index in [1.54, 1.807) is 0 Å². The van der Waals surface area contributed by atoms with E-state index in [0.717, 1.165) is 30.8 Å². The lowest BCUT2D eigenvalue weighted by atomic mass is 10.1. The molecule has 1 heterocycles. The van der Waals surface area contributed by atoms with E-state index >= 15 is 0 Å². The summed E-state index contributed by atoms with van der Waals surface area (Å²) in [6, 6.07) is 4.19. The average Bonchev–Trinajstić information content (AvgIpc) is 2.83. The van der Waals surface area contributed by atoms with Crippen molar-refractivity contribution in [1.29, 1.82) is 0 Å². The Balaban J connectivity index is 1.72. The van der Waals surface area contributed by atoms with E-state index in [4.69, 9.17) is 11.6 Å². The van der Waals surface area contributed by atoms with Gasteiger partial charge >= 0.3 is 0 Å². The largest absolute Gasteiger partial charge is 0.294 e. The second kappa shape index (κ2) is 3.64. The number of aliphatic imine (C=N–C) groups is 1. The van der Waals surface area contributed by atoms with Crippen molar-refractivity contribution < 1.29 is 0 Å². The van der Waals surface area contributed by atoms with Crippen LogP contribution in [0.25, 0.3) is 0 Å². The number of halogens is 1. The summed E-state index contributed by atoms with van der Waals surface area (Å²) in [5.41, 5.74) is 5.76. The fourth-order valence-electron chi connectivity index (χ4n) is 2.37. The molecular formula is C13H14ClN. The number of hydrogen-bond donors (Lipinski definition) is 0. The second-order valence-corrected chi connectivity index (χ2v) is 4.80. The van der Waals surface area contributed by atoms with E-state index in [-0.39, 0.29) is 0 Å². The lowest BCUT2D eigenvalue weighted by molar-refractivity contribution is 0.942. The van der Waals surface area contributed by atoms with Gasteiger partial charge in [0.2, 0.25) is 0 Å². The van der Waals surface area contributed by atoms with E-state index in [1.165, 1.54) is 35.2 Å². The van der Waals surface area contributed by atoms with Crippen molar-refractivity contribution in [2.24, 2.45) is 4.99 Å². The third-order valence-electron chi connectivity index (χ3n) is 3.34. The predicted octanol–water partition coefficient (Wildman–Crippen LogP) is 3.41. The normalized spacial score (nSPS) is 17.5. The first kappa shape index (κ1) is 9.41. The molecule has 3 rings (SSSR count). The smallest absolute Gasteiger partial charge is 0.0441 e. The summed E-state index contributed by atoms with van der Waals surface area (Å²) >= 11 is 6.21. The minimum Gasteiger partial charge on any atom is -0.294 e. The molecular weight excluding hydrogens is 206 g/mol. The van der Waals surface area contributed by atoms with Gasteiger partial charge in [-0.05, 0) is 54.9 Å². The molecule has 1 aliphatic heterocycles. The SMILES string of the molecule is Clc1ccc2c(c1CCC1=NCCC1)C2. The molecule has 0 spiro atoms. The standard InChI is InChI=1S/C13H14ClN/c14-13-6-3-9-8-12(9)11(13)5-4-10-2-1-7-15-10/h3,6H,1-2,4-5,7-8H2. The van der Waals surface area contributed by atoms with E-state index in [9.17, 15) is 0 Å². The topological polar surface area (TPSA) is 12.4 Å². The first-order chi connectivity index (χ1) is 7.34. The van der Waals surface area contributed by atoms with Crippen LogP contribution in [-0.2, 0) is 12.8 Å². The molecule has 15 heavy (non-hydrogen) atoms. The maximum Gasteiger partial charge on any atom is 0.0441 e. The highest BCUT2D eigenvalue weighted by Crippen LogP contribution is 2.36. The molecule has 1 aromatic carbocycles. The summed E-state index contributed by atoms with van der Waals surface area (Å²) in [5.74, 6) is 0. The summed E-state index contributed by atoms with van der Waals surface area (Å²) < 4.78 is 0. The Morgan fingerprint density at radius 3 is 3.00 bits per heavy atom. The van der Waals surface area contributed by atoms with E-state index in [1.807, 2.05) is 6.07 Å². The maximum absolute atomic E-state index is 6.21. The molecule has 0 atom stereocenters. The van der Waals surface area contributed by atoms with Gasteiger partial charge < -0.3 is 0 Å². The number of rotatable bonds is 3. The molecule has 0 aromatic heterocycles. The van der Waals surface area contributed by atoms with E-state index < -0.39 is 0 Å². The Bertz CT molecular complexity index is 431. The van der Waals surface area contributed by atoms with Crippen molar-refractivity contribution >= 4 is 17.3 Å². The Morgan fingerprint density at radius 2 is 2.20 bits per heavy atom. The van der Waals surface area contributed by atoms with Crippen LogP contribution >= 0.6 is 11.6 Å². The van der Waals surface area contributed by atoms with Gasteiger partial charge in [-0.1, -0.05) is 17.7 Å². The van der Waals surface area contributed by atoms with E-state index in [0.29, 0.717) is 0 Å². The van der Waals surface area contributed by atoms with Gasteiger partial charge in [0, 0.05) is 17.3 Å². The molecule has 0 saturated heterocycles. The Morgan fingerprint density at radius 1 is 1.27 bits per heavy atom. The van der Waals surface area contributed by atoms with Gasteiger partial charge in [-0.3, -0.25) is 4.99 Å². The summed E-state index contributed by atoms with van der Waals surface area (Å²) in [6.07, 6.45) is 5.80. The number of nitrogens with zero attached hydrogens (tertiary/aromatic N) is 1. The summed E-state index contributed by atoms with van der Waals surface area (Å²) in [6.45, 7) is 1.04. The highest BCUT2D eigenvalue weighted by Gasteiger charge is 2.22. The van der Waals surface area contributed by atoms with Crippen LogP contribution in [0.5, 0.6) is 0 Å². The summed E-state index contributed by atoms with van der Waals surface area (Å²) in [7, 11) is 0. The highest BCUT2D eigenvalue weighted by atomic mass is 35.5. The molecule has 1 aliphatic carbocycles. The average molecular weight is 220 g/mol. The molecule has 2 aliphatic rings. The zero-order valence-corrected chi connectivity index (χ0v) is 9.48. The lowest BCUT2D eigenvalue weighted by Gasteiger charge is -2.03. The molecule has 1 aromatic rings. The molecule has 0 radical (unpaired) electrons. The third-order valence-corrected chi connectivity index (χ3v) is 3.69. The first-order valence-electron chi connectivity index (χ1n) is 5.66. The molecule has 1 nitrogen and oxygen atoms in total. The molecule has 0 unspecified atom stereocenters. The van der Waals surface area contributed by atoms with Crippen LogP contribution in [0, 0.1) is 0 Å². The first-order valence-corrected chi connectivity index (χ1v) is 6.04. The van der Waals surface area contributed by atoms with Crippen LogP contribution in [0.1, 0.15) is 36.0 Å². The number of hydrogen-bond acceptors (Lipinski definition) is 1. The number of benzene rings is 1. The highest BCUT2D eigenvalue weighted by molar-refractivity contribution is 6.31. The fourth-order valence-corrected chi connectivity index (χ4v) is 2.64. The molecule has 0 fully saturated rings. The zero-order valence-electron chi connectivity index (χ0n) is 8.72. The Kier molecular flexibility index (Phi) is 2.28. The monoisotopic (exact) mass is 219 g/mol. The third kappa shape index (κ3) is 1.81. The van der Waals surface area contributed by atoms with Gasteiger partial charge in [0.15, 0.2) is 0 Å². The molecule has 0 amide bonds. The van der Waals surface area contributed by atoms with Gasteiger partial charge in [0.05, 0.1) is 0 Å². The lowest BCUT2D eigenvalue weighted by Crippen LogP contribution is -1.97. The van der Waals surface area contributed by atoms with Crippen molar-refractivity contribution in [2.75, 3.05) is 6.54 Å². The van der Waals surface area contributed by atoms with Crippen molar-refractivity contribution in [3.63, 3.8) is 0 Å². The van der Waals surface area contributed by atoms with Crippen LogP contribution in [0.2, 0.25) is 5.02 Å². The Labute approximate surface area is 95.2 Å². The van der Waals surface area contributed by atoms with Crippen LogP contribution in [0.3, 0.4) is 0 Å². The van der Waals surface area contributed by atoms with Gasteiger partial charge in [0.1, 0.15) is 0 Å². The summed E-state index contributed by atoms with van der Waals surface area (Å²) in [4.78, 5) is 4.50. The number of fused-ring (bicyclic) bond motifs is 1. The second-order valence-electron chi connectivity index (χ2n) is 4.39. The molecule has 2 heteroatoms.